The standard InChI is InChI=1S/C14H19Cl2NO2S/c1-10-11(9-15)7-12(16)8-14(10)20(18,19)17(2)13-5-3-4-6-13/h7-8,13H,3-6,9H2,1-2H3. The van der Waals surface area contributed by atoms with Crippen LogP contribution in [-0.2, 0) is 15.9 Å². The number of sulfonamides is 1. The van der Waals surface area contributed by atoms with Crippen LogP contribution in [0.4, 0.5) is 0 Å². The SMILES string of the molecule is Cc1c(CCl)cc(Cl)cc1S(=O)(=O)N(C)C1CCCC1. The monoisotopic (exact) mass is 335 g/mol. The lowest BCUT2D eigenvalue weighted by Crippen LogP contribution is -2.35. The molecular formula is C14H19Cl2NO2S. The van der Waals surface area contributed by atoms with Crippen molar-refractivity contribution in [2.45, 2.75) is 49.4 Å². The molecule has 0 atom stereocenters. The second-order valence-corrected chi connectivity index (χ2v) is 7.95. The van der Waals surface area contributed by atoms with Crippen LogP contribution in [0.1, 0.15) is 36.8 Å². The van der Waals surface area contributed by atoms with Crippen molar-refractivity contribution in [3.8, 4) is 0 Å². The molecule has 1 aliphatic rings. The molecule has 0 amide bonds. The van der Waals surface area contributed by atoms with Crippen LogP contribution in [0.3, 0.4) is 0 Å². The second kappa shape index (κ2) is 6.22. The van der Waals surface area contributed by atoms with Crippen LogP contribution in [-0.4, -0.2) is 25.8 Å². The quantitative estimate of drug-likeness (QED) is 0.781. The molecule has 1 saturated carbocycles. The van der Waals surface area contributed by atoms with Crippen molar-refractivity contribution in [3.63, 3.8) is 0 Å². The van der Waals surface area contributed by atoms with Crippen LogP contribution < -0.4 is 0 Å². The van der Waals surface area contributed by atoms with Crippen molar-refractivity contribution in [2.24, 2.45) is 0 Å². The summed E-state index contributed by atoms with van der Waals surface area (Å²) >= 11 is 11.9. The van der Waals surface area contributed by atoms with Gasteiger partial charge in [0.1, 0.15) is 0 Å². The van der Waals surface area contributed by atoms with Crippen molar-refractivity contribution >= 4 is 33.2 Å². The highest BCUT2D eigenvalue weighted by molar-refractivity contribution is 7.89. The first kappa shape index (κ1) is 16.1. The van der Waals surface area contributed by atoms with Gasteiger partial charge in [0, 0.05) is 24.0 Å². The first-order valence-electron chi connectivity index (χ1n) is 6.71. The van der Waals surface area contributed by atoms with Gasteiger partial charge in [0.2, 0.25) is 10.0 Å². The molecule has 0 N–H and O–H groups in total. The van der Waals surface area contributed by atoms with E-state index in [4.69, 9.17) is 23.2 Å². The Kier molecular flexibility index (Phi) is 5.00. The number of rotatable bonds is 4. The molecule has 0 heterocycles. The summed E-state index contributed by atoms with van der Waals surface area (Å²) in [5, 5.41) is 0.407. The zero-order chi connectivity index (χ0) is 14.9. The summed E-state index contributed by atoms with van der Waals surface area (Å²) in [6, 6.07) is 3.34. The molecule has 0 spiro atoms. The van der Waals surface area contributed by atoms with Crippen LogP contribution in [0.15, 0.2) is 17.0 Å². The van der Waals surface area contributed by atoms with E-state index in [1.807, 2.05) is 0 Å². The molecule has 0 aliphatic heterocycles. The predicted molar refractivity (Wildman–Crippen MR) is 83.0 cm³/mol. The van der Waals surface area contributed by atoms with Crippen molar-refractivity contribution in [2.75, 3.05) is 7.05 Å². The molecule has 0 unspecified atom stereocenters. The third-order valence-corrected chi connectivity index (χ3v) is 6.61. The van der Waals surface area contributed by atoms with E-state index in [1.165, 1.54) is 10.4 Å². The van der Waals surface area contributed by atoms with Gasteiger partial charge in [-0.3, -0.25) is 0 Å². The van der Waals surface area contributed by atoms with E-state index in [0.29, 0.717) is 10.6 Å². The molecule has 20 heavy (non-hydrogen) atoms. The predicted octanol–water partition coefficient (Wildman–Crippen LogP) is 3.95. The van der Waals surface area contributed by atoms with E-state index in [-0.39, 0.29) is 16.8 Å². The summed E-state index contributed by atoms with van der Waals surface area (Å²) in [5.41, 5.74) is 1.45. The summed E-state index contributed by atoms with van der Waals surface area (Å²) in [7, 11) is -1.86. The number of halogens is 2. The first-order valence-corrected chi connectivity index (χ1v) is 9.06. The summed E-state index contributed by atoms with van der Waals surface area (Å²) in [6.45, 7) is 1.78. The highest BCUT2D eigenvalue weighted by Crippen LogP contribution is 2.31. The van der Waals surface area contributed by atoms with Crippen LogP contribution in [0, 0.1) is 6.92 Å². The fourth-order valence-corrected chi connectivity index (χ4v) is 5.02. The van der Waals surface area contributed by atoms with Crippen molar-refractivity contribution in [3.05, 3.63) is 28.3 Å². The van der Waals surface area contributed by atoms with E-state index in [0.717, 1.165) is 31.2 Å². The maximum Gasteiger partial charge on any atom is 0.243 e. The van der Waals surface area contributed by atoms with E-state index in [2.05, 4.69) is 0 Å². The van der Waals surface area contributed by atoms with Gasteiger partial charge in [-0.2, -0.15) is 4.31 Å². The Bertz CT molecular complexity index is 595. The van der Waals surface area contributed by atoms with Crippen LogP contribution in [0.2, 0.25) is 5.02 Å². The number of benzene rings is 1. The normalized spacial score (nSPS) is 17.1. The Morgan fingerprint density at radius 3 is 2.45 bits per heavy atom. The van der Waals surface area contributed by atoms with Gasteiger partial charge in [0.05, 0.1) is 4.90 Å². The fourth-order valence-electron chi connectivity index (χ4n) is 2.73. The molecule has 6 heteroatoms. The average Bonchev–Trinajstić information content (AvgIpc) is 2.93. The van der Waals surface area contributed by atoms with Crippen molar-refractivity contribution in [1.82, 2.24) is 4.31 Å². The van der Waals surface area contributed by atoms with Crippen LogP contribution in [0.25, 0.3) is 0 Å². The third-order valence-electron chi connectivity index (χ3n) is 4.07. The first-order chi connectivity index (χ1) is 9.37. The molecule has 3 nitrogen and oxygen atoms in total. The number of hydrogen-bond donors (Lipinski definition) is 0. The summed E-state index contributed by atoms with van der Waals surface area (Å²) in [4.78, 5) is 0.273. The smallest absolute Gasteiger partial charge is 0.207 e. The Balaban J connectivity index is 2.45. The molecule has 0 saturated heterocycles. The van der Waals surface area contributed by atoms with Gasteiger partial charge >= 0.3 is 0 Å². The summed E-state index contributed by atoms with van der Waals surface area (Å²) < 4.78 is 27.1. The molecule has 0 radical (unpaired) electrons. The third kappa shape index (κ3) is 2.98. The van der Waals surface area contributed by atoms with E-state index in [1.54, 1.807) is 20.0 Å². The fraction of sp³-hybridized carbons (Fsp3) is 0.571. The summed E-state index contributed by atoms with van der Waals surface area (Å²) in [5.74, 6) is 0.252. The van der Waals surface area contributed by atoms with Gasteiger partial charge in [0.25, 0.3) is 0 Å². The minimum Gasteiger partial charge on any atom is -0.207 e. The second-order valence-electron chi connectivity index (χ2n) is 5.28. The zero-order valence-corrected chi connectivity index (χ0v) is 14.0. The van der Waals surface area contributed by atoms with E-state index < -0.39 is 10.0 Å². The largest absolute Gasteiger partial charge is 0.243 e. The number of hydrogen-bond acceptors (Lipinski definition) is 2. The Hall–Kier alpha value is -0.290. The lowest BCUT2D eigenvalue weighted by Gasteiger charge is -2.25. The molecule has 112 valence electrons. The minimum atomic E-state index is -3.52. The highest BCUT2D eigenvalue weighted by atomic mass is 35.5. The lowest BCUT2D eigenvalue weighted by molar-refractivity contribution is 0.373. The highest BCUT2D eigenvalue weighted by Gasteiger charge is 2.31. The van der Waals surface area contributed by atoms with Crippen molar-refractivity contribution in [1.29, 1.82) is 0 Å². The molecule has 1 aliphatic carbocycles. The molecule has 1 aromatic carbocycles. The summed E-state index contributed by atoms with van der Waals surface area (Å²) in [6.07, 6.45) is 4.04. The van der Waals surface area contributed by atoms with Crippen molar-refractivity contribution < 1.29 is 8.42 Å². The van der Waals surface area contributed by atoms with Gasteiger partial charge in [-0.25, -0.2) is 8.42 Å². The van der Waals surface area contributed by atoms with Crippen LogP contribution >= 0.6 is 23.2 Å². The molecule has 0 aromatic heterocycles. The Labute approximate surface area is 130 Å². The average molecular weight is 336 g/mol. The molecular weight excluding hydrogens is 317 g/mol. The molecule has 2 rings (SSSR count). The maximum atomic E-state index is 12.8. The molecule has 1 aromatic rings. The molecule has 0 bridgehead atoms. The van der Waals surface area contributed by atoms with E-state index in [9.17, 15) is 8.42 Å². The van der Waals surface area contributed by atoms with E-state index >= 15 is 0 Å². The van der Waals surface area contributed by atoms with Crippen LogP contribution in [0.5, 0.6) is 0 Å². The topological polar surface area (TPSA) is 37.4 Å². The Morgan fingerprint density at radius 1 is 1.30 bits per heavy atom. The lowest BCUT2D eigenvalue weighted by atomic mass is 10.1. The Morgan fingerprint density at radius 2 is 1.90 bits per heavy atom. The zero-order valence-electron chi connectivity index (χ0n) is 11.7. The maximum absolute atomic E-state index is 12.8. The van der Waals surface area contributed by atoms with Gasteiger partial charge in [-0.1, -0.05) is 24.4 Å². The van der Waals surface area contributed by atoms with Gasteiger partial charge in [-0.15, -0.1) is 11.6 Å². The van der Waals surface area contributed by atoms with Gasteiger partial charge in [-0.05, 0) is 43.0 Å². The minimum absolute atomic E-state index is 0.0952. The number of nitrogens with zero attached hydrogens (tertiary/aromatic N) is 1. The molecule has 1 fully saturated rings. The van der Waals surface area contributed by atoms with Gasteiger partial charge in [0.15, 0.2) is 0 Å². The van der Waals surface area contributed by atoms with Gasteiger partial charge < -0.3 is 0 Å². The number of alkyl halides is 1.